The predicted octanol–water partition coefficient (Wildman–Crippen LogP) is 1.49. The molecule has 0 aromatic rings. The number of amides is 1. The number of piperidine rings is 1. The molecule has 1 fully saturated rings. The van der Waals surface area contributed by atoms with Crippen molar-refractivity contribution in [2.75, 3.05) is 13.7 Å². The fraction of sp³-hybridized carbons (Fsp3) is 0.833. The third-order valence-corrected chi connectivity index (χ3v) is 2.80. The van der Waals surface area contributed by atoms with Gasteiger partial charge in [-0.25, -0.2) is 9.59 Å². The van der Waals surface area contributed by atoms with Crippen LogP contribution in [0.3, 0.4) is 0 Å². The summed E-state index contributed by atoms with van der Waals surface area (Å²) < 4.78 is 10.4. The van der Waals surface area contributed by atoms with Crippen LogP contribution in [0.1, 0.15) is 33.6 Å². The average Bonchev–Trinajstić information content (AvgIpc) is 2.25. The normalized spacial score (nSPS) is 24.8. The Labute approximate surface area is 107 Å². The Bertz CT molecular complexity index is 323. The molecule has 1 aliphatic heterocycles. The Morgan fingerprint density at radius 1 is 1.33 bits per heavy atom. The van der Waals surface area contributed by atoms with E-state index in [2.05, 4.69) is 0 Å². The van der Waals surface area contributed by atoms with Gasteiger partial charge in [0.1, 0.15) is 11.6 Å². The first-order valence-corrected chi connectivity index (χ1v) is 6.00. The molecule has 18 heavy (non-hydrogen) atoms. The third kappa shape index (κ3) is 3.87. The van der Waals surface area contributed by atoms with Crippen LogP contribution in [0.5, 0.6) is 0 Å². The Morgan fingerprint density at radius 3 is 2.39 bits per heavy atom. The molecule has 1 heterocycles. The second kappa shape index (κ2) is 5.56. The summed E-state index contributed by atoms with van der Waals surface area (Å²) in [7, 11) is 1.55. The predicted molar refractivity (Wildman–Crippen MR) is 64.4 cm³/mol. The lowest BCUT2D eigenvalue weighted by Crippen LogP contribution is -2.52. The minimum Gasteiger partial charge on any atom is -0.480 e. The summed E-state index contributed by atoms with van der Waals surface area (Å²) in [6.07, 6.45) is 0.221. The quantitative estimate of drug-likeness (QED) is 0.813. The maximum Gasteiger partial charge on any atom is 0.411 e. The number of ether oxygens (including phenoxy) is 2. The van der Waals surface area contributed by atoms with Gasteiger partial charge in [-0.2, -0.15) is 0 Å². The van der Waals surface area contributed by atoms with E-state index in [9.17, 15) is 9.59 Å². The minimum absolute atomic E-state index is 0.121. The van der Waals surface area contributed by atoms with Crippen molar-refractivity contribution in [2.45, 2.75) is 51.4 Å². The number of hydrogen-bond donors (Lipinski definition) is 1. The van der Waals surface area contributed by atoms with E-state index in [0.29, 0.717) is 19.4 Å². The molecule has 0 radical (unpaired) electrons. The van der Waals surface area contributed by atoms with Crippen molar-refractivity contribution >= 4 is 12.1 Å². The van der Waals surface area contributed by atoms with Gasteiger partial charge < -0.3 is 14.6 Å². The lowest BCUT2D eigenvalue weighted by molar-refractivity contribution is -0.146. The highest BCUT2D eigenvalue weighted by Crippen LogP contribution is 2.22. The van der Waals surface area contributed by atoms with E-state index < -0.39 is 23.7 Å². The Morgan fingerprint density at radius 2 is 1.94 bits per heavy atom. The zero-order chi connectivity index (χ0) is 13.9. The molecule has 0 saturated carbocycles. The van der Waals surface area contributed by atoms with E-state index in [1.54, 1.807) is 27.9 Å². The SMILES string of the molecule is CO[C@@H]1CCN(C(=O)OC(C)(C)C)[C@@H](C(=O)O)C1. The molecule has 104 valence electrons. The number of rotatable bonds is 2. The van der Waals surface area contributed by atoms with Crippen LogP contribution in [0.25, 0.3) is 0 Å². The van der Waals surface area contributed by atoms with E-state index in [-0.39, 0.29) is 6.10 Å². The van der Waals surface area contributed by atoms with Gasteiger partial charge >= 0.3 is 12.1 Å². The molecule has 1 amide bonds. The number of methoxy groups -OCH3 is 1. The molecule has 1 saturated heterocycles. The first-order valence-electron chi connectivity index (χ1n) is 6.00. The van der Waals surface area contributed by atoms with Gasteiger partial charge in [0, 0.05) is 20.1 Å². The second-order valence-electron chi connectivity index (χ2n) is 5.41. The molecule has 1 N–H and O–H groups in total. The largest absolute Gasteiger partial charge is 0.480 e. The van der Waals surface area contributed by atoms with Crippen molar-refractivity contribution in [3.8, 4) is 0 Å². The van der Waals surface area contributed by atoms with Crippen LogP contribution < -0.4 is 0 Å². The van der Waals surface area contributed by atoms with Crippen LogP contribution in [0.2, 0.25) is 0 Å². The lowest BCUT2D eigenvalue weighted by Gasteiger charge is -2.37. The lowest BCUT2D eigenvalue weighted by atomic mass is 10.00. The van der Waals surface area contributed by atoms with Crippen LogP contribution in [-0.2, 0) is 14.3 Å². The smallest absolute Gasteiger partial charge is 0.411 e. The number of nitrogens with zero attached hydrogens (tertiary/aromatic N) is 1. The number of carbonyl (C=O) groups is 2. The van der Waals surface area contributed by atoms with Gasteiger partial charge in [0.25, 0.3) is 0 Å². The number of aliphatic carboxylic acids is 1. The molecule has 0 spiro atoms. The Kier molecular flexibility index (Phi) is 4.56. The minimum atomic E-state index is -1.03. The molecule has 0 aromatic carbocycles. The van der Waals surface area contributed by atoms with Crippen molar-refractivity contribution in [2.24, 2.45) is 0 Å². The molecule has 6 heteroatoms. The summed E-state index contributed by atoms with van der Waals surface area (Å²) in [5, 5.41) is 9.16. The molecule has 1 aliphatic rings. The molecule has 0 aliphatic carbocycles. The van der Waals surface area contributed by atoms with Gasteiger partial charge in [0.15, 0.2) is 0 Å². The summed E-state index contributed by atoms with van der Waals surface area (Å²) in [6, 6.07) is -0.876. The topological polar surface area (TPSA) is 76.1 Å². The monoisotopic (exact) mass is 259 g/mol. The van der Waals surface area contributed by atoms with Gasteiger partial charge in [-0.1, -0.05) is 0 Å². The fourth-order valence-corrected chi connectivity index (χ4v) is 1.92. The second-order valence-corrected chi connectivity index (χ2v) is 5.41. The third-order valence-electron chi connectivity index (χ3n) is 2.80. The van der Waals surface area contributed by atoms with Crippen molar-refractivity contribution in [1.82, 2.24) is 4.90 Å². The summed E-state index contributed by atoms with van der Waals surface area (Å²) in [5.74, 6) is -1.03. The number of carboxylic acids is 1. The highest BCUT2D eigenvalue weighted by molar-refractivity contribution is 5.80. The average molecular weight is 259 g/mol. The van der Waals surface area contributed by atoms with Crippen molar-refractivity contribution < 1.29 is 24.2 Å². The van der Waals surface area contributed by atoms with Crippen molar-refractivity contribution in [3.05, 3.63) is 0 Å². The highest BCUT2D eigenvalue weighted by Gasteiger charge is 2.38. The molecule has 0 bridgehead atoms. The van der Waals surface area contributed by atoms with E-state index in [0.717, 1.165) is 0 Å². The van der Waals surface area contributed by atoms with E-state index >= 15 is 0 Å². The Balaban J connectivity index is 2.74. The van der Waals surface area contributed by atoms with Gasteiger partial charge in [-0.05, 0) is 27.2 Å². The van der Waals surface area contributed by atoms with Gasteiger partial charge in [0.05, 0.1) is 6.10 Å². The summed E-state index contributed by atoms with van der Waals surface area (Å²) in [6.45, 7) is 5.60. The van der Waals surface area contributed by atoms with E-state index in [1.807, 2.05) is 0 Å². The standard InChI is InChI=1S/C12H21NO5/c1-12(2,3)18-11(16)13-6-5-8(17-4)7-9(13)10(14)15/h8-9H,5-7H2,1-4H3,(H,14,15)/t8-,9-/m1/s1. The molecular weight excluding hydrogens is 238 g/mol. The summed E-state index contributed by atoms with van der Waals surface area (Å²) in [4.78, 5) is 24.4. The summed E-state index contributed by atoms with van der Waals surface area (Å²) >= 11 is 0. The molecule has 2 atom stereocenters. The van der Waals surface area contributed by atoms with Crippen LogP contribution in [0.15, 0.2) is 0 Å². The van der Waals surface area contributed by atoms with Crippen LogP contribution >= 0.6 is 0 Å². The number of carboxylic acid groups (broad SMARTS) is 1. The molecule has 0 unspecified atom stereocenters. The van der Waals surface area contributed by atoms with E-state index in [1.165, 1.54) is 4.90 Å². The van der Waals surface area contributed by atoms with Gasteiger partial charge in [-0.3, -0.25) is 4.90 Å². The molecule has 0 aromatic heterocycles. The zero-order valence-corrected chi connectivity index (χ0v) is 11.3. The fourth-order valence-electron chi connectivity index (χ4n) is 1.92. The Hall–Kier alpha value is -1.30. The maximum atomic E-state index is 11.9. The number of likely N-dealkylation sites (tertiary alicyclic amines) is 1. The van der Waals surface area contributed by atoms with E-state index in [4.69, 9.17) is 14.6 Å². The van der Waals surface area contributed by atoms with Crippen LogP contribution in [0, 0.1) is 0 Å². The van der Waals surface area contributed by atoms with Gasteiger partial charge in [0.2, 0.25) is 0 Å². The molecular formula is C12H21NO5. The maximum absolute atomic E-state index is 11.9. The number of hydrogen-bond acceptors (Lipinski definition) is 4. The first kappa shape index (κ1) is 14.8. The molecule has 1 rings (SSSR count). The van der Waals surface area contributed by atoms with Gasteiger partial charge in [-0.15, -0.1) is 0 Å². The number of carbonyl (C=O) groups excluding carboxylic acids is 1. The molecule has 6 nitrogen and oxygen atoms in total. The first-order chi connectivity index (χ1) is 8.24. The van der Waals surface area contributed by atoms with Crippen LogP contribution in [-0.4, -0.2) is 53.5 Å². The highest BCUT2D eigenvalue weighted by atomic mass is 16.6. The zero-order valence-electron chi connectivity index (χ0n) is 11.3. The van der Waals surface area contributed by atoms with Crippen molar-refractivity contribution in [1.29, 1.82) is 0 Å². The summed E-state index contributed by atoms with van der Waals surface area (Å²) in [5.41, 5.74) is -0.627. The van der Waals surface area contributed by atoms with Crippen molar-refractivity contribution in [3.63, 3.8) is 0 Å². The van der Waals surface area contributed by atoms with Crippen LogP contribution in [0.4, 0.5) is 4.79 Å².